The molecule has 3 N–H and O–H groups in total. The Balaban J connectivity index is 1.39. The number of furan rings is 1. The fraction of sp³-hybridized carbons (Fsp3) is 0.296. The number of rotatable bonds is 7. The molecule has 0 saturated heterocycles. The van der Waals surface area contributed by atoms with Gasteiger partial charge in [0.05, 0.1) is 12.8 Å². The van der Waals surface area contributed by atoms with Gasteiger partial charge < -0.3 is 25.3 Å². The van der Waals surface area contributed by atoms with Crippen LogP contribution in [-0.4, -0.2) is 28.8 Å². The summed E-state index contributed by atoms with van der Waals surface area (Å²) in [6.45, 7) is 4.70. The average Bonchev–Trinajstić information content (AvgIpc) is 3.36. The second-order valence-corrected chi connectivity index (χ2v) is 9.06. The summed E-state index contributed by atoms with van der Waals surface area (Å²) < 4.78 is 5.19. The molecular weight excluding hydrogens is 444 g/mol. The number of anilines is 2. The van der Waals surface area contributed by atoms with E-state index in [0.717, 1.165) is 11.1 Å². The molecule has 0 radical (unpaired) electrons. The Bertz CT molecular complexity index is 1170. The maximum atomic E-state index is 13.2. The molecule has 1 atom stereocenters. The molecule has 8 nitrogen and oxygen atoms in total. The van der Waals surface area contributed by atoms with E-state index in [0.29, 0.717) is 36.5 Å². The summed E-state index contributed by atoms with van der Waals surface area (Å²) in [4.78, 5) is 40.0. The molecule has 1 unspecified atom stereocenters. The molecule has 3 aromatic rings. The first-order valence-electron chi connectivity index (χ1n) is 11.7. The zero-order valence-corrected chi connectivity index (χ0v) is 19.9. The third kappa shape index (κ3) is 6.29. The Hall–Kier alpha value is -4.07. The van der Waals surface area contributed by atoms with E-state index in [1.165, 1.54) is 0 Å². The molecule has 0 saturated carbocycles. The van der Waals surface area contributed by atoms with Crippen LogP contribution in [0.5, 0.6) is 0 Å². The van der Waals surface area contributed by atoms with Crippen molar-refractivity contribution in [3.05, 3.63) is 83.8 Å². The molecule has 1 aliphatic rings. The number of hydrogen-bond acceptors (Lipinski definition) is 4. The normalized spacial score (nSPS) is 14.8. The zero-order valence-electron chi connectivity index (χ0n) is 19.9. The molecule has 2 heterocycles. The van der Waals surface area contributed by atoms with Gasteiger partial charge in [-0.05, 0) is 53.4 Å². The molecule has 0 spiro atoms. The van der Waals surface area contributed by atoms with Crippen molar-refractivity contribution in [3.63, 3.8) is 0 Å². The van der Waals surface area contributed by atoms with Crippen LogP contribution in [0.4, 0.5) is 16.2 Å². The highest BCUT2D eigenvalue weighted by Gasteiger charge is 2.34. The number of carbonyl (C=O) groups excluding carboxylic acids is 3. The van der Waals surface area contributed by atoms with E-state index in [9.17, 15) is 14.4 Å². The summed E-state index contributed by atoms with van der Waals surface area (Å²) in [7, 11) is 0. The molecule has 8 heteroatoms. The Labute approximate surface area is 204 Å². The van der Waals surface area contributed by atoms with Gasteiger partial charge in [-0.25, -0.2) is 4.79 Å². The van der Waals surface area contributed by atoms with Gasteiger partial charge >= 0.3 is 6.03 Å². The SMILES string of the molecule is CC(C)CC(=O)N1Cc2ccccc2CC1C(=O)Nc1ccc(NC(=O)NCc2ccco2)cc1. The van der Waals surface area contributed by atoms with Crippen LogP contribution in [0.2, 0.25) is 0 Å². The van der Waals surface area contributed by atoms with Gasteiger partial charge in [-0.15, -0.1) is 0 Å². The van der Waals surface area contributed by atoms with Gasteiger partial charge in [0.1, 0.15) is 11.8 Å². The third-order valence-corrected chi connectivity index (χ3v) is 5.87. The standard InChI is InChI=1S/C27H30N4O4/c1-18(2)14-25(32)31-17-20-7-4-3-6-19(20)15-24(31)26(33)29-21-9-11-22(12-10-21)30-27(34)28-16-23-8-5-13-35-23/h3-13,18,24H,14-17H2,1-2H3,(H,29,33)(H2,28,30,34). The second kappa shape index (κ2) is 10.9. The fourth-order valence-corrected chi connectivity index (χ4v) is 4.10. The first kappa shape index (κ1) is 24.1. The average molecular weight is 475 g/mol. The number of urea groups is 1. The molecule has 1 aromatic heterocycles. The molecule has 2 aromatic carbocycles. The van der Waals surface area contributed by atoms with Crippen molar-refractivity contribution in [2.75, 3.05) is 10.6 Å². The van der Waals surface area contributed by atoms with E-state index >= 15 is 0 Å². The van der Waals surface area contributed by atoms with Crippen molar-refractivity contribution >= 4 is 29.2 Å². The molecule has 0 bridgehead atoms. The summed E-state index contributed by atoms with van der Waals surface area (Å²) in [6.07, 6.45) is 2.42. The molecule has 182 valence electrons. The second-order valence-electron chi connectivity index (χ2n) is 9.06. The summed E-state index contributed by atoms with van der Waals surface area (Å²) in [6, 6.07) is 17.4. The first-order chi connectivity index (χ1) is 16.9. The third-order valence-electron chi connectivity index (χ3n) is 5.87. The van der Waals surface area contributed by atoms with Gasteiger partial charge in [0.15, 0.2) is 0 Å². The number of hydrogen-bond donors (Lipinski definition) is 3. The summed E-state index contributed by atoms with van der Waals surface area (Å²) in [5.41, 5.74) is 3.34. The van der Waals surface area contributed by atoms with Gasteiger partial charge in [0.2, 0.25) is 11.8 Å². The van der Waals surface area contributed by atoms with Crippen LogP contribution in [0.15, 0.2) is 71.3 Å². The van der Waals surface area contributed by atoms with E-state index in [-0.39, 0.29) is 30.3 Å². The maximum Gasteiger partial charge on any atom is 0.319 e. The zero-order chi connectivity index (χ0) is 24.8. The lowest BCUT2D eigenvalue weighted by atomic mass is 9.92. The van der Waals surface area contributed by atoms with Crippen LogP contribution in [0.1, 0.15) is 37.2 Å². The molecule has 4 rings (SSSR count). The van der Waals surface area contributed by atoms with E-state index < -0.39 is 6.04 Å². The summed E-state index contributed by atoms with van der Waals surface area (Å²) in [5.74, 6) is 0.618. The summed E-state index contributed by atoms with van der Waals surface area (Å²) in [5, 5.41) is 8.38. The lowest BCUT2D eigenvalue weighted by Gasteiger charge is -2.36. The molecule has 4 amide bonds. The van der Waals surface area contributed by atoms with Crippen LogP contribution >= 0.6 is 0 Å². The highest BCUT2D eigenvalue weighted by atomic mass is 16.3. The Morgan fingerprint density at radius 3 is 2.29 bits per heavy atom. The van der Waals surface area contributed by atoms with Crippen molar-refractivity contribution in [1.29, 1.82) is 0 Å². The minimum Gasteiger partial charge on any atom is -0.467 e. The monoisotopic (exact) mass is 474 g/mol. The van der Waals surface area contributed by atoms with Crippen LogP contribution in [0, 0.1) is 5.92 Å². The smallest absolute Gasteiger partial charge is 0.319 e. The number of amides is 4. The summed E-state index contributed by atoms with van der Waals surface area (Å²) >= 11 is 0. The fourth-order valence-electron chi connectivity index (χ4n) is 4.10. The van der Waals surface area contributed by atoms with Crippen molar-refractivity contribution < 1.29 is 18.8 Å². The minimum atomic E-state index is -0.582. The molecule has 35 heavy (non-hydrogen) atoms. The Kier molecular flexibility index (Phi) is 7.50. The van der Waals surface area contributed by atoms with Crippen LogP contribution in [0.25, 0.3) is 0 Å². The van der Waals surface area contributed by atoms with Gasteiger partial charge in [-0.1, -0.05) is 38.1 Å². The molecule has 0 aliphatic carbocycles. The Morgan fingerprint density at radius 2 is 1.63 bits per heavy atom. The highest BCUT2D eigenvalue weighted by Crippen LogP contribution is 2.26. The molecular formula is C27H30N4O4. The van der Waals surface area contributed by atoms with E-state index in [4.69, 9.17) is 4.42 Å². The van der Waals surface area contributed by atoms with Gasteiger partial charge in [-0.2, -0.15) is 0 Å². The van der Waals surface area contributed by atoms with E-state index in [2.05, 4.69) is 16.0 Å². The van der Waals surface area contributed by atoms with Crippen molar-refractivity contribution in [2.45, 2.75) is 45.8 Å². The number of fused-ring (bicyclic) bond motifs is 1. The number of nitrogens with one attached hydrogen (secondary N) is 3. The predicted octanol–water partition coefficient (Wildman–Crippen LogP) is 4.54. The topological polar surface area (TPSA) is 104 Å². The van der Waals surface area contributed by atoms with Crippen molar-refractivity contribution in [3.8, 4) is 0 Å². The highest BCUT2D eigenvalue weighted by molar-refractivity contribution is 5.98. The number of carbonyl (C=O) groups is 3. The Morgan fingerprint density at radius 1 is 0.943 bits per heavy atom. The van der Waals surface area contributed by atoms with Crippen molar-refractivity contribution in [1.82, 2.24) is 10.2 Å². The van der Waals surface area contributed by atoms with Gasteiger partial charge in [0, 0.05) is 30.8 Å². The van der Waals surface area contributed by atoms with E-state index in [1.807, 2.05) is 38.1 Å². The van der Waals surface area contributed by atoms with E-state index in [1.54, 1.807) is 47.6 Å². The lowest BCUT2D eigenvalue weighted by Crippen LogP contribution is -2.50. The van der Waals surface area contributed by atoms with Gasteiger partial charge in [0.25, 0.3) is 0 Å². The van der Waals surface area contributed by atoms with Crippen molar-refractivity contribution in [2.24, 2.45) is 5.92 Å². The van der Waals surface area contributed by atoms with Gasteiger partial charge in [-0.3, -0.25) is 9.59 Å². The van der Waals surface area contributed by atoms with Crippen LogP contribution in [0.3, 0.4) is 0 Å². The molecule has 0 fully saturated rings. The number of benzene rings is 2. The minimum absolute atomic E-state index is 0.0187. The quantitative estimate of drug-likeness (QED) is 0.468. The first-order valence-corrected chi connectivity index (χ1v) is 11.7. The molecule has 1 aliphatic heterocycles. The lowest BCUT2D eigenvalue weighted by molar-refractivity contribution is -0.140. The maximum absolute atomic E-state index is 13.2. The largest absolute Gasteiger partial charge is 0.467 e. The van der Waals surface area contributed by atoms with Crippen LogP contribution < -0.4 is 16.0 Å². The van der Waals surface area contributed by atoms with Crippen LogP contribution in [-0.2, 0) is 29.1 Å². The number of nitrogens with zero attached hydrogens (tertiary/aromatic N) is 1. The predicted molar refractivity (Wildman–Crippen MR) is 134 cm³/mol.